The van der Waals surface area contributed by atoms with Gasteiger partial charge in [-0.2, -0.15) is 0 Å². The smallest absolute Gasteiger partial charge is 0.255 e. The molecule has 2 aliphatic rings. The molecule has 1 fully saturated rings. The summed E-state index contributed by atoms with van der Waals surface area (Å²) in [5.74, 6) is 1.77. The monoisotopic (exact) mass is 393 g/mol. The molecule has 0 saturated heterocycles. The lowest BCUT2D eigenvalue weighted by Crippen LogP contribution is -2.25. The molecule has 5 heteroatoms. The van der Waals surface area contributed by atoms with Gasteiger partial charge in [-0.15, -0.1) is 0 Å². The summed E-state index contributed by atoms with van der Waals surface area (Å²) in [5.41, 5.74) is 3.81. The third kappa shape index (κ3) is 4.25. The summed E-state index contributed by atoms with van der Waals surface area (Å²) in [4.78, 5) is 23.3. The molecule has 0 spiro atoms. The highest BCUT2D eigenvalue weighted by Gasteiger charge is 2.29. The minimum absolute atomic E-state index is 0.0791. The average molecular weight is 394 g/mol. The van der Waals surface area contributed by atoms with Gasteiger partial charge in [-0.3, -0.25) is 14.8 Å². The third-order valence-corrected chi connectivity index (χ3v) is 6.41. The lowest BCUT2D eigenvalue weighted by atomic mass is 9.72. The van der Waals surface area contributed by atoms with Gasteiger partial charge in [0, 0.05) is 29.6 Å². The van der Waals surface area contributed by atoms with Gasteiger partial charge in [0.05, 0.1) is 0 Å². The Morgan fingerprint density at radius 1 is 1.18 bits per heavy atom. The number of hydrogen-bond donors (Lipinski definition) is 2. The molecule has 28 heavy (non-hydrogen) atoms. The summed E-state index contributed by atoms with van der Waals surface area (Å²) < 4.78 is 0.420. The quantitative estimate of drug-likeness (QED) is 0.708. The first-order chi connectivity index (χ1) is 13.6. The molecule has 0 amide bonds. The molecule has 2 aromatic heterocycles. The van der Waals surface area contributed by atoms with E-state index in [-0.39, 0.29) is 5.56 Å². The zero-order valence-corrected chi connectivity index (χ0v) is 17.1. The number of nitrogens with zero attached hydrogens (tertiary/aromatic N) is 1. The lowest BCUT2D eigenvalue weighted by Gasteiger charge is -2.33. The van der Waals surface area contributed by atoms with Crippen LogP contribution in [0, 0.1) is 23.5 Å². The highest BCUT2D eigenvalue weighted by Crippen LogP contribution is 2.40. The fourth-order valence-corrected chi connectivity index (χ4v) is 4.92. The molecule has 1 atom stereocenters. The van der Waals surface area contributed by atoms with Crippen LogP contribution in [0.3, 0.4) is 0 Å². The van der Waals surface area contributed by atoms with Gasteiger partial charge in [0.1, 0.15) is 0 Å². The lowest BCUT2D eigenvalue weighted by molar-refractivity contribution is 0.262. The molecule has 2 heterocycles. The van der Waals surface area contributed by atoms with Crippen LogP contribution >= 0.6 is 12.2 Å². The van der Waals surface area contributed by atoms with Crippen molar-refractivity contribution in [2.45, 2.75) is 51.4 Å². The van der Waals surface area contributed by atoms with E-state index in [2.05, 4.69) is 39.3 Å². The molecule has 1 saturated carbocycles. The number of H-pyrrole nitrogens is 2. The van der Waals surface area contributed by atoms with Crippen LogP contribution in [0.2, 0.25) is 0 Å². The van der Waals surface area contributed by atoms with Gasteiger partial charge < -0.3 is 4.98 Å². The fraction of sp³-hybridized carbons (Fsp3) is 0.435. The van der Waals surface area contributed by atoms with Crippen LogP contribution in [0.1, 0.15) is 60.5 Å². The Hall–Kier alpha value is -2.27. The molecule has 2 aromatic rings. The van der Waals surface area contributed by atoms with Gasteiger partial charge in [-0.05, 0) is 86.7 Å². The molecule has 1 unspecified atom stereocenters. The number of hydrogen-bond acceptors (Lipinski definition) is 3. The first-order valence-corrected chi connectivity index (χ1v) is 10.6. The number of aromatic amines is 2. The van der Waals surface area contributed by atoms with E-state index < -0.39 is 0 Å². The van der Waals surface area contributed by atoms with Crippen molar-refractivity contribution in [1.29, 1.82) is 0 Å². The fourth-order valence-electron chi connectivity index (χ4n) is 4.72. The number of allylic oxidation sites excluding steroid dienone is 4. The van der Waals surface area contributed by atoms with E-state index in [1.807, 2.05) is 19.1 Å². The summed E-state index contributed by atoms with van der Waals surface area (Å²) in [6.07, 6.45) is 17.1. The van der Waals surface area contributed by atoms with E-state index in [1.165, 1.54) is 12.8 Å². The van der Waals surface area contributed by atoms with Crippen molar-refractivity contribution in [3.05, 3.63) is 80.3 Å². The maximum atomic E-state index is 12.7. The van der Waals surface area contributed by atoms with E-state index in [1.54, 1.807) is 6.20 Å². The molecule has 2 N–H and O–H groups in total. The van der Waals surface area contributed by atoms with Gasteiger partial charge in [-0.25, -0.2) is 0 Å². The second kappa shape index (κ2) is 8.39. The van der Waals surface area contributed by atoms with Crippen molar-refractivity contribution < 1.29 is 0 Å². The van der Waals surface area contributed by atoms with Crippen molar-refractivity contribution in [1.82, 2.24) is 15.0 Å². The normalized spacial score (nSPS) is 24.4. The average Bonchev–Trinajstić information content (AvgIpc) is 2.71. The molecule has 4 nitrogen and oxygen atoms in total. The minimum atomic E-state index is -0.0791. The number of rotatable bonds is 4. The molecule has 2 aliphatic carbocycles. The highest BCUT2D eigenvalue weighted by atomic mass is 32.1. The van der Waals surface area contributed by atoms with Crippen molar-refractivity contribution in [3.8, 4) is 0 Å². The molecular weight excluding hydrogens is 366 g/mol. The zero-order valence-electron chi connectivity index (χ0n) is 16.3. The summed E-state index contributed by atoms with van der Waals surface area (Å²) >= 11 is 5.28. The summed E-state index contributed by atoms with van der Waals surface area (Å²) in [7, 11) is 0. The predicted molar refractivity (Wildman–Crippen MR) is 115 cm³/mol. The summed E-state index contributed by atoms with van der Waals surface area (Å²) in [6, 6.07) is 4.02. The molecule has 4 rings (SSSR count). The summed E-state index contributed by atoms with van der Waals surface area (Å²) in [5, 5.41) is 0. The number of aryl methyl sites for hydroxylation is 1. The van der Waals surface area contributed by atoms with Crippen molar-refractivity contribution in [2.75, 3.05) is 0 Å². The maximum absolute atomic E-state index is 12.7. The molecule has 0 radical (unpaired) electrons. The first-order valence-electron chi connectivity index (χ1n) is 10.2. The van der Waals surface area contributed by atoms with E-state index >= 15 is 0 Å². The van der Waals surface area contributed by atoms with E-state index in [0.29, 0.717) is 23.0 Å². The van der Waals surface area contributed by atoms with Crippen molar-refractivity contribution >= 4 is 12.2 Å². The van der Waals surface area contributed by atoms with Gasteiger partial charge in [-0.1, -0.05) is 24.3 Å². The Morgan fingerprint density at radius 2 is 2.00 bits per heavy atom. The Bertz CT molecular complexity index is 1010. The van der Waals surface area contributed by atoms with Gasteiger partial charge in [0.15, 0.2) is 4.77 Å². The first kappa shape index (κ1) is 19.1. The van der Waals surface area contributed by atoms with E-state index in [9.17, 15) is 4.79 Å². The van der Waals surface area contributed by atoms with Crippen LogP contribution in [-0.4, -0.2) is 15.0 Å². The van der Waals surface area contributed by atoms with Crippen LogP contribution in [0.5, 0.6) is 0 Å². The topological polar surface area (TPSA) is 61.5 Å². The van der Waals surface area contributed by atoms with E-state index in [4.69, 9.17) is 12.2 Å². The Balaban J connectivity index is 1.56. The largest absolute Gasteiger partial charge is 0.335 e. The second-order valence-electron chi connectivity index (χ2n) is 8.13. The van der Waals surface area contributed by atoms with Crippen LogP contribution < -0.4 is 5.56 Å². The number of pyridine rings is 1. The highest BCUT2D eigenvalue weighted by molar-refractivity contribution is 7.71. The number of aromatic nitrogens is 3. The molecular formula is C23H27N3OS. The zero-order chi connectivity index (χ0) is 19.5. The molecule has 0 aliphatic heterocycles. The van der Waals surface area contributed by atoms with Crippen LogP contribution in [-0.2, 0) is 6.42 Å². The third-order valence-electron chi connectivity index (χ3n) is 6.20. The molecule has 146 valence electrons. The van der Waals surface area contributed by atoms with E-state index in [0.717, 1.165) is 47.7 Å². The molecule has 0 bridgehead atoms. The SMILES string of the molecule is Cc1ccnc(Cc2c(C3CCC(C4C=CC=CC4)CC3)[nH]c(=S)[nH]c2=O)c1. The Labute approximate surface area is 170 Å². The van der Waals surface area contributed by atoms with Crippen LogP contribution in [0.4, 0.5) is 0 Å². The maximum Gasteiger partial charge on any atom is 0.255 e. The van der Waals surface area contributed by atoms with Gasteiger partial charge >= 0.3 is 0 Å². The second-order valence-corrected chi connectivity index (χ2v) is 8.53. The van der Waals surface area contributed by atoms with Gasteiger partial charge in [0.25, 0.3) is 5.56 Å². The van der Waals surface area contributed by atoms with Crippen molar-refractivity contribution in [2.24, 2.45) is 11.8 Å². The van der Waals surface area contributed by atoms with Crippen LogP contribution in [0.15, 0.2) is 47.4 Å². The Kier molecular flexibility index (Phi) is 5.72. The number of nitrogens with one attached hydrogen (secondary N) is 2. The van der Waals surface area contributed by atoms with Gasteiger partial charge in [0.2, 0.25) is 0 Å². The minimum Gasteiger partial charge on any atom is -0.335 e. The van der Waals surface area contributed by atoms with Crippen LogP contribution in [0.25, 0.3) is 0 Å². The molecule has 0 aromatic carbocycles. The summed E-state index contributed by atoms with van der Waals surface area (Å²) in [6.45, 7) is 2.05. The standard InChI is InChI=1S/C23H27N3OS/c1-15-11-12-24-19(13-15)14-20-21(25-23(28)26-22(20)27)18-9-7-17(8-10-18)16-5-3-2-4-6-16/h2-5,11-13,16-18H,6-10,14H2,1H3,(H2,25,26,27,28). The predicted octanol–water partition coefficient (Wildman–Crippen LogP) is 5.13. The van der Waals surface area contributed by atoms with Crippen molar-refractivity contribution in [3.63, 3.8) is 0 Å². The Morgan fingerprint density at radius 3 is 2.71 bits per heavy atom.